The molecule has 2 unspecified atom stereocenters. The molecule has 0 aromatic heterocycles. The van der Waals surface area contributed by atoms with E-state index in [1.54, 1.807) is 28.8 Å². The molecule has 1 aromatic carbocycles. The van der Waals surface area contributed by atoms with Crippen LogP contribution < -0.4 is 16.0 Å². The smallest absolute Gasteiger partial charge is 0.248 e. The van der Waals surface area contributed by atoms with Crippen molar-refractivity contribution in [2.24, 2.45) is 5.73 Å². The van der Waals surface area contributed by atoms with Crippen LogP contribution in [0, 0.1) is 0 Å². The largest absolute Gasteiger partial charge is 0.370 e. The number of anilines is 2. The number of carbonyl (C=O) groups is 3. The number of amides is 3. The number of hydrogen-bond acceptors (Lipinski definition) is 5. The van der Waals surface area contributed by atoms with Crippen LogP contribution in [0.1, 0.15) is 49.4 Å². The Morgan fingerprint density at radius 1 is 1.25 bits per heavy atom. The maximum absolute atomic E-state index is 13.1. The molecule has 7 nitrogen and oxygen atoms in total. The van der Waals surface area contributed by atoms with E-state index < -0.39 is 11.9 Å². The molecule has 2 atom stereocenters. The molecule has 0 aliphatic carbocycles. The van der Waals surface area contributed by atoms with Gasteiger partial charge in [0.25, 0.3) is 0 Å². The van der Waals surface area contributed by atoms with E-state index in [0.717, 1.165) is 38.0 Å². The van der Waals surface area contributed by atoms with Crippen LogP contribution in [0.3, 0.4) is 0 Å². The summed E-state index contributed by atoms with van der Waals surface area (Å²) >= 11 is 1.67. The van der Waals surface area contributed by atoms with E-state index in [-0.39, 0.29) is 16.7 Å². The van der Waals surface area contributed by atoms with Crippen molar-refractivity contribution in [1.29, 1.82) is 0 Å². The number of nitrogens with two attached hydrogens (primary N) is 1. The molecule has 3 aliphatic heterocycles. The lowest BCUT2D eigenvalue weighted by Crippen LogP contribution is -2.48. The number of nitrogens with zero attached hydrogens (tertiary/aromatic N) is 2. The van der Waals surface area contributed by atoms with Crippen molar-refractivity contribution in [3.63, 3.8) is 0 Å². The summed E-state index contributed by atoms with van der Waals surface area (Å²) in [6, 6.07) is 4.72. The summed E-state index contributed by atoms with van der Waals surface area (Å²) in [5, 5.41) is 3.00. The van der Waals surface area contributed by atoms with E-state index in [4.69, 9.17) is 5.73 Å². The number of carbonyl (C=O) groups excluding carboxylic acids is 3. The van der Waals surface area contributed by atoms with Crippen molar-refractivity contribution in [2.75, 3.05) is 29.1 Å². The molecule has 0 spiro atoms. The normalized spacial score (nSPS) is 27.0. The van der Waals surface area contributed by atoms with Gasteiger partial charge in [-0.05, 0) is 50.8 Å². The standard InChI is InChI=1S/C20H26N4O3S/c1-20-8-7-17(25)24(20)16(12-28-20)19(27)22-14-11-13(18(21)26)5-6-15(14)23-9-3-2-4-10-23/h5-6,11,16H,2-4,7-10,12H2,1H3,(H2,21,26)(H,22,27). The number of fused-ring (bicyclic) bond motifs is 1. The Hall–Kier alpha value is -2.22. The third-order valence-corrected chi connectivity index (χ3v) is 7.49. The maximum atomic E-state index is 13.1. The topological polar surface area (TPSA) is 95.7 Å². The zero-order valence-corrected chi connectivity index (χ0v) is 16.9. The molecular weight excluding hydrogens is 376 g/mol. The average molecular weight is 403 g/mol. The highest BCUT2D eigenvalue weighted by molar-refractivity contribution is 8.01. The van der Waals surface area contributed by atoms with Gasteiger partial charge in [0.2, 0.25) is 17.7 Å². The number of thioether (sulfide) groups is 1. The van der Waals surface area contributed by atoms with Crippen LogP contribution in [0.25, 0.3) is 0 Å². The summed E-state index contributed by atoms with van der Waals surface area (Å²) in [6.07, 6.45) is 4.67. The maximum Gasteiger partial charge on any atom is 0.248 e. The fraction of sp³-hybridized carbons (Fsp3) is 0.550. The summed E-state index contributed by atoms with van der Waals surface area (Å²) in [5.74, 6) is -0.108. The van der Waals surface area contributed by atoms with Crippen LogP contribution in [-0.2, 0) is 9.59 Å². The van der Waals surface area contributed by atoms with Gasteiger partial charge in [0, 0.05) is 30.8 Å². The Morgan fingerprint density at radius 3 is 2.71 bits per heavy atom. The molecule has 8 heteroatoms. The third kappa shape index (κ3) is 3.34. The first-order valence-electron chi connectivity index (χ1n) is 9.85. The van der Waals surface area contributed by atoms with Gasteiger partial charge >= 0.3 is 0 Å². The summed E-state index contributed by atoms with van der Waals surface area (Å²) < 4.78 is 0. The van der Waals surface area contributed by atoms with E-state index in [1.165, 1.54) is 6.42 Å². The molecule has 0 radical (unpaired) electrons. The Kier molecular flexibility index (Phi) is 4.99. The van der Waals surface area contributed by atoms with Crippen LogP contribution in [0.4, 0.5) is 11.4 Å². The Bertz CT molecular complexity index is 824. The first-order chi connectivity index (χ1) is 13.4. The van der Waals surface area contributed by atoms with Gasteiger partial charge in [-0.2, -0.15) is 0 Å². The van der Waals surface area contributed by atoms with Gasteiger partial charge < -0.3 is 20.9 Å². The Morgan fingerprint density at radius 2 is 2.00 bits per heavy atom. The molecule has 3 N–H and O–H groups in total. The van der Waals surface area contributed by atoms with E-state index in [9.17, 15) is 14.4 Å². The number of piperidine rings is 1. The monoisotopic (exact) mass is 402 g/mol. The number of rotatable bonds is 4. The summed E-state index contributed by atoms with van der Waals surface area (Å²) in [5.41, 5.74) is 7.30. The van der Waals surface area contributed by atoms with Gasteiger partial charge in [-0.15, -0.1) is 11.8 Å². The Labute approximate surface area is 169 Å². The molecule has 28 heavy (non-hydrogen) atoms. The number of hydrogen-bond donors (Lipinski definition) is 2. The fourth-order valence-corrected chi connectivity index (χ4v) is 5.86. The first kappa shape index (κ1) is 19.1. The molecule has 3 saturated heterocycles. The van der Waals surface area contributed by atoms with Crippen LogP contribution in [0.15, 0.2) is 18.2 Å². The van der Waals surface area contributed by atoms with Crippen molar-refractivity contribution in [2.45, 2.75) is 49.9 Å². The predicted molar refractivity (Wildman–Crippen MR) is 110 cm³/mol. The molecule has 1 aromatic rings. The van der Waals surface area contributed by atoms with E-state index in [1.807, 2.05) is 13.0 Å². The van der Waals surface area contributed by atoms with Crippen LogP contribution in [0.2, 0.25) is 0 Å². The molecule has 3 amide bonds. The third-order valence-electron chi connectivity index (χ3n) is 5.98. The molecule has 0 saturated carbocycles. The SMILES string of the molecule is CC12CCC(=O)N1C(C(=O)Nc1cc(C(N)=O)ccc1N1CCCCC1)CS2. The first-order valence-corrected chi connectivity index (χ1v) is 10.8. The fourth-order valence-electron chi connectivity index (χ4n) is 4.43. The van der Waals surface area contributed by atoms with Crippen LogP contribution >= 0.6 is 11.8 Å². The molecule has 3 heterocycles. The minimum atomic E-state index is -0.528. The summed E-state index contributed by atoms with van der Waals surface area (Å²) in [6.45, 7) is 3.87. The predicted octanol–water partition coefficient (Wildman–Crippen LogP) is 2.17. The van der Waals surface area contributed by atoms with Gasteiger partial charge in [-0.1, -0.05) is 0 Å². The number of nitrogens with one attached hydrogen (secondary N) is 1. The Balaban J connectivity index is 1.60. The minimum absolute atomic E-state index is 0.0368. The molecule has 3 aliphatic rings. The van der Waals surface area contributed by atoms with Crippen molar-refractivity contribution < 1.29 is 14.4 Å². The number of primary amides is 1. The lowest BCUT2D eigenvalue weighted by atomic mass is 10.1. The van der Waals surface area contributed by atoms with Crippen molar-refractivity contribution in [3.05, 3.63) is 23.8 Å². The lowest BCUT2D eigenvalue weighted by molar-refractivity contribution is -0.135. The zero-order chi connectivity index (χ0) is 19.9. The molecule has 3 fully saturated rings. The van der Waals surface area contributed by atoms with Gasteiger partial charge in [0.15, 0.2) is 0 Å². The lowest BCUT2D eigenvalue weighted by Gasteiger charge is -2.32. The molecule has 150 valence electrons. The minimum Gasteiger partial charge on any atom is -0.370 e. The second-order valence-corrected chi connectivity index (χ2v) is 9.40. The zero-order valence-electron chi connectivity index (χ0n) is 16.1. The van der Waals surface area contributed by atoms with Gasteiger partial charge in [0.1, 0.15) is 6.04 Å². The van der Waals surface area contributed by atoms with Gasteiger partial charge in [-0.3, -0.25) is 14.4 Å². The average Bonchev–Trinajstić information content (AvgIpc) is 3.18. The quantitative estimate of drug-likeness (QED) is 0.805. The highest BCUT2D eigenvalue weighted by Gasteiger charge is 2.52. The van der Waals surface area contributed by atoms with Crippen molar-refractivity contribution >= 4 is 40.9 Å². The van der Waals surface area contributed by atoms with Crippen molar-refractivity contribution in [1.82, 2.24) is 4.90 Å². The summed E-state index contributed by atoms with van der Waals surface area (Å²) in [7, 11) is 0. The van der Waals surface area contributed by atoms with Crippen LogP contribution in [-0.4, -0.2) is 52.4 Å². The second kappa shape index (κ2) is 7.31. The molecular formula is C20H26N4O3S. The highest BCUT2D eigenvalue weighted by Crippen LogP contribution is 2.47. The summed E-state index contributed by atoms with van der Waals surface area (Å²) in [4.78, 5) is 40.8. The van der Waals surface area contributed by atoms with E-state index >= 15 is 0 Å². The van der Waals surface area contributed by atoms with E-state index in [2.05, 4.69) is 10.2 Å². The van der Waals surface area contributed by atoms with E-state index in [0.29, 0.717) is 23.4 Å². The number of benzene rings is 1. The molecule has 0 bridgehead atoms. The van der Waals surface area contributed by atoms with Crippen molar-refractivity contribution in [3.8, 4) is 0 Å². The van der Waals surface area contributed by atoms with Gasteiger partial charge in [-0.25, -0.2) is 0 Å². The molecule has 4 rings (SSSR count). The second-order valence-electron chi connectivity index (χ2n) is 7.90. The van der Waals surface area contributed by atoms with Crippen LogP contribution in [0.5, 0.6) is 0 Å². The van der Waals surface area contributed by atoms with Gasteiger partial charge in [0.05, 0.1) is 16.2 Å². The highest BCUT2D eigenvalue weighted by atomic mass is 32.2.